The second-order valence-corrected chi connectivity index (χ2v) is 5.09. The lowest BCUT2D eigenvalue weighted by Crippen LogP contribution is -2.44. The molecule has 0 aliphatic heterocycles. The number of hydrogen-bond donors (Lipinski definition) is 2. The number of aliphatic hydroxyl groups is 1. The van der Waals surface area contributed by atoms with Crippen LogP contribution in [0.4, 0.5) is 0 Å². The fourth-order valence-electron chi connectivity index (χ4n) is 2.38. The summed E-state index contributed by atoms with van der Waals surface area (Å²) in [7, 11) is 0. The van der Waals surface area contributed by atoms with E-state index >= 15 is 0 Å². The Morgan fingerprint density at radius 2 is 1.93 bits per heavy atom. The van der Waals surface area contributed by atoms with Gasteiger partial charge in [0.2, 0.25) is 0 Å². The van der Waals surface area contributed by atoms with E-state index in [2.05, 4.69) is 26.1 Å². The first-order chi connectivity index (χ1) is 6.57. The van der Waals surface area contributed by atoms with Crippen LogP contribution in [0, 0.1) is 11.8 Å². The largest absolute Gasteiger partial charge is 0.389 e. The second kappa shape index (κ2) is 5.13. The molecule has 0 heterocycles. The lowest BCUT2D eigenvalue weighted by molar-refractivity contribution is -0.0135. The molecule has 84 valence electrons. The maximum Gasteiger partial charge on any atom is 0.0771 e. The van der Waals surface area contributed by atoms with E-state index in [9.17, 15) is 5.11 Å². The van der Waals surface area contributed by atoms with Gasteiger partial charge >= 0.3 is 0 Å². The summed E-state index contributed by atoms with van der Waals surface area (Å²) in [6, 6.07) is 0. The maximum atomic E-state index is 10.2. The highest BCUT2D eigenvalue weighted by atomic mass is 16.3. The minimum Gasteiger partial charge on any atom is -0.389 e. The van der Waals surface area contributed by atoms with Crippen LogP contribution >= 0.6 is 0 Å². The highest BCUT2D eigenvalue weighted by Crippen LogP contribution is 2.35. The van der Waals surface area contributed by atoms with Gasteiger partial charge in [-0.2, -0.15) is 0 Å². The molecule has 0 atom stereocenters. The van der Waals surface area contributed by atoms with Gasteiger partial charge in [-0.25, -0.2) is 0 Å². The maximum absolute atomic E-state index is 10.2. The van der Waals surface area contributed by atoms with Gasteiger partial charge < -0.3 is 10.4 Å². The van der Waals surface area contributed by atoms with Crippen molar-refractivity contribution in [3.63, 3.8) is 0 Å². The van der Waals surface area contributed by atoms with E-state index in [0.29, 0.717) is 0 Å². The van der Waals surface area contributed by atoms with Crippen molar-refractivity contribution in [1.29, 1.82) is 0 Å². The Balaban J connectivity index is 2.33. The summed E-state index contributed by atoms with van der Waals surface area (Å²) in [5, 5.41) is 13.5. The molecule has 1 saturated carbocycles. The van der Waals surface area contributed by atoms with Crippen molar-refractivity contribution in [3.05, 3.63) is 0 Å². The Bertz CT molecular complexity index is 160. The van der Waals surface area contributed by atoms with Gasteiger partial charge in [-0.1, -0.05) is 20.8 Å². The minimum atomic E-state index is -0.415. The Labute approximate surface area is 88.1 Å². The molecule has 0 aromatic heterocycles. The van der Waals surface area contributed by atoms with E-state index in [0.717, 1.165) is 37.8 Å². The third kappa shape index (κ3) is 3.25. The van der Waals surface area contributed by atoms with E-state index < -0.39 is 5.60 Å². The molecule has 1 fully saturated rings. The normalized spacial score (nSPS) is 33.6. The van der Waals surface area contributed by atoms with Gasteiger partial charge in [0.25, 0.3) is 0 Å². The van der Waals surface area contributed by atoms with Gasteiger partial charge in [0.1, 0.15) is 0 Å². The van der Waals surface area contributed by atoms with E-state index in [1.165, 1.54) is 12.8 Å². The van der Waals surface area contributed by atoms with Crippen molar-refractivity contribution in [2.75, 3.05) is 13.1 Å². The van der Waals surface area contributed by atoms with E-state index in [1.54, 1.807) is 0 Å². The summed E-state index contributed by atoms with van der Waals surface area (Å²) in [4.78, 5) is 0. The number of likely N-dealkylation sites (N-methyl/N-ethyl adjacent to an activating group) is 1. The summed E-state index contributed by atoms with van der Waals surface area (Å²) < 4.78 is 0. The molecule has 0 spiro atoms. The number of rotatable bonds is 4. The van der Waals surface area contributed by atoms with Crippen LogP contribution < -0.4 is 5.32 Å². The van der Waals surface area contributed by atoms with Crippen molar-refractivity contribution < 1.29 is 5.11 Å². The molecular weight excluding hydrogens is 174 g/mol. The Hall–Kier alpha value is -0.0800. The van der Waals surface area contributed by atoms with Crippen molar-refractivity contribution >= 4 is 0 Å². The highest BCUT2D eigenvalue weighted by molar-refractivity contribution is 4.87. The van der Waals surface area contributed by atoms with Crippen molar-refractivity contribution in [2.24, 2.45) is 11.8 Å². The Morgan fingerprint density at radius 3 is 2.36 bits per heavy atom. The molecule has 1 rings (SSSR count). The quantitative estimate of drug-likeness (QED) is 0.727. The summed E-state index contributed by atoms with van der Waals surface area (Å²) >= 11 is 0. The second-order valence-electron chi connectivity index (χ2n) is 5.09. The molecule has 1 aliphatic rings. The zero-order chi connectivity index (χ0) is 10.6. The van der Waals surface area contributed by atoms with Gasteiger partial charge in [-0.3, -0.25) is 0 Å². The third-order valence-electron chi connectivity index (χ3n) is 3.61. The van der Waals surface area contributed by atoms with Crippen LogP contribution in [0.25, 0.3) is 0 Å². The molecule has 0 aromatic carbocycles. The SMILES string of the molecule is CCNCC1(O)CCC(C(C)C)CC1. The van der Waals surface area contributed by atoms with Crippen LogP contribution in [0.3, 0.4) is 0 Å². The molecule has 2 N–H and O–H groups in total. The van der Waals surface area contributed by atoms with Crippen LogP contribution in [-0.2, 0) is 0 Å². The average Bonchev–Trinajstić information content (AvgIpc) is 2.16. The molecule has 2 heteroatoms. The fourth-order valence-corrected chi connectivity index (χ4v) is 2.38. The van der Waals surface area contributed by atoms with Crippen LogP contribution in [0.2, 0.25) is 0 Å². The molecule has 0 saturated heterocycles. The van der Waals surface area contributed by atoms with Crippen LogP contribution in [0.15, 0.2) is 0 Å². The summed E-state index contributed by atoms with van der Waals surface area (Å²) in [6.07, 6.45) is 4.34. The standard InChI is InChI=1S/C12H25NO/c1-4-13-9-12(14)7-5-11(6-8-12)10(2)3/h10-11,13-14H,4-9H2,1-3H3. The molecule has 14 heavy (non-hydrogen) atoms. The predicted molar refractivity (Wildman–Crippen MR) is 60.3 cm³/mol. The van der Waals surface area contributed by atoms with Crippen LogP contribution in [0.5, 0.6) is 0 Å². The van der Waals surface area contributed by atoms with E-state index in [-0.39, 0.29) is 0 Å². The third-order valence-corrected chi connectivity index (χ3v) is 3.61. The monoisotopic (exact) mass is 199 g/mol. The van der Waals surface area contributed by atoms with Crippen molar-refractivity contribution in [2.45, 2.75) is 52.1 Å². The van der Waals surface area contributed by atoms with Crippen LogP contribution in [0.1, 0.15) is 46.5 Å². The highest BCUT2D eigenvalue weighted by Gasteiger charge is 2.33. The molecule has 0 amide bonds. The molecule has 2 nitrogen and oxygen atoms in total. The Morgan fingerprint density at radius 1 is 1.36 bits per heavy atom. The topological polar surface area (TPSA) is 32.3 Å². The van der Waals surface area contributed by atoms with Crippen molar-refractivity contribution in [3.8, 4) is 0 Å². The fraction of sp³-hybridized carbons (Fsp3) is 1.00. The predicted octanol–water partition coefficient (Wildman–Crippen LogP) is 2.17. The van der Waals surface area contributed by atoms with E-state index in [4.69, 9.17) is 0 Å². The smallest absolute Gasteiger partial charge is 0.0771 e. The number of hydrogen-bond acceptors (Lipinski definition) is 2. The molecule has 1 aliphatic carbocycles. The zero-order valence-corrected chi connectivity index (χ0v) is 9.84. The summed E-state index contributed by atoms with van der Waals surface area (Å²) in [5.41, 5.74) is -0.415. The van der Waals surface area contributed by atoms with E-state index in [1.807, 2.05) is 0 Å². The van der Waals surface area contributed by atoms with Crippen LogP contribution in [-0.4, -0.2) is 23.8 Å². The lowest BCUT2D eigenvalue weighted by atomic mass is 9.74. The molecule has 0 radical (unpaired) electrons. The molecule has 0 unspecified atom stereocenters. The van der Waals surface area contributed by atoms with Gasteiger partial charge in [0.15, 0.2) is 0 Å². The molecule has 0 bridgehead atoms. The summed E-state index contributed by atoms with van der Waals surface area (Å²) in [5.74, 6) is 1.61. The van der Waals surface area contributed by atoms with Gasteiger partial charge in [-0.05, 0) is 44.1 Å². The molecular formula is C12H25NO. The zero-order valence-electron chi connectivity index (χ0n) is 9.84. The first-order valence-corrected chi connectivity index (χ1v) is 6.00. The first-order valence-electron chi connectivity index (χ1n) is 6.00. The Kier molecular flexibility index (Phi) is 4.39. The average molecular weight is 199 g/mol. The minimum absolute atomic E-state index is 0.415. The number of nitrogens with one attached hydrogen (secondary N) is 1. The summed E-state index contributed by atoms with van der Waals surface area (Å²) in [6.45, 7) is 8.39. The van der Waals surface area contributed by atoms with Gasteiger partial charge in [0.05, 0.1) is 5.60 Å². The van der Waals surface area contributed by atoms with Gasteiger partial charge in [0, 0.05) is 6.54 Å². The van der Waals surface area contributed by atoms with Gasteiger partial charge in [-0.15, -0.1) is 0 Å². The molecule has 0 aromatic rings. The lowest BCUT2D eigenvalue weighted by Gasteiger charge is -2.37. The van der Waals surface area contributed by atoms with Crippen molar-refractivity contribution in [1.82, 2.24) is 5.32 Å². The first kappa shape index (κ1) is 12.0.